The van der Waals surface area contributed by atoms with Gasteiger partial charge in [0.1, 0.15) is 34.3 Å². The Kier molecular flexibility index (Phi) is 7.33. The van der Waals surface area contributed by atoms with E-state index >= 15 is 0 Å². The Morgan fingerprint density at radius 2 is 1.82 bits per heavy atom. The van der Waals surface area contributed by atoms with Crippen molar-refractivity contribution in [3.63, 3.8) is 0 Å². The number of fused-ring (bicyclic) bond motifs is 3. The van der Waals surface area contributed by atoms with Gasteiger partial charge in [0.05, 0.1) is 16.0 Å². The summed E-state index contributed by atoms with van der Waals surface area (Å²) in [4.78, 5) is 14.7. The van der Waals surface area contributed by atoms with Crippen LogP contribution in [0, 0.1) is 11.6 Å². The summed E-state index contributed by atoms with van der Waals surface area (Å²) in [6, 6.07) is 13.6. The van der Waals surface area contributed by atoms with Crippen molar-refractivity contribution in [2.24, 2.45) is 0 Å². The third kappa shape index (κ3) is 4.94. The van der Waals surface area contributed by atoms with Gasteiger partial charge in [0, 0.05) is 12.1 Å². The number of amides is 1. The molecule has 5 rings (SSSR count). The van der Waals surface area contributed by atoms with Gasteiger partial charge < -0.3 is 14.4 Å². The molecular formula is C30H30ClF2NO5S. The van der Waals surface area contributed by atoms with Crippen LogP contribution in [-0.4, -0.2) is 37.6 Å². The number of benzene rings is 3. The molecule has 1 fully saturated rings. The first-order valence-electron chi connectivity index (χ1n) is 13.0. The summed E-state index contributed by atoms with van der Waals surface area (Å²) in [5.41, 5.74) is 0.791. The summed E-state index contributed by atoms with van der Waals surface area (Å²) in [6.45, 7) is 5.36. The van der Waals surface area contributed by atoms with Gasteiger partial charge in [-0.1, -0.05) is 23.7 Å². The van der Waals surface area contributed by atoms with Crippen molar-refractivity contribution in [3.05, 3.63) is 94.0 Å². The minimum Gasteiger partial charge on any atom is -0.489 e. The molecular weight excluding hydrogens is 560 g/mol. The number of halogens is 3. The number of carbonyl (C=O) groups excluding carboxylic acids is 1. The molecule has 1 saturated heterocycles. The van der Waals surface area contributed by atoms with Crippen LogP contribution >= 0.6 is 11.6 Å². The smallest absolute Gasteiger partial charge is 0.410 e. The monoisotopic (exact) mass is 589 g/mol. The van der Waals surface area contributed by atoms with Gasteiger partial charge in [-0.25, -0.2) is 22.0 Å². The Balaban J connectivity index is 1.56. The maximum absolute atomic E-state index is 14.4. The average Bonchev–Trinajstić information content (AvgIpc) is 3.29. The Bertz CT molecular complexity index is 1540. The lowest BCUT2D eigenvalue weighted by Crippen LogP contribution is -2.52. The maximum atomic E-state index is 14.4. The van der Waals surface area contributed by atoms with E-state index in [2.05, 4.69) is 0 Å². The Morgan fingerprint density at radius 1 is 1.10 bits per heavy atom. The van der Waals surface area contributed by atoms with Crippen molar-refractivity contribution in [3.8, 4) is 5.75 Å². The predicted molar refractivity (Wildman–Crippen MR) is 147 cm³/mol. The van der Waals surface area contributed by atoms with Crippen LogP contribution in [0.3, 0.4) is 0 Å². The minimum atomic E-state index is -4.10. The molecule has 1 aliphatic heterocycles. The van der Waals surface area contributed by atoms with E-state index in [1.54, 1.807) is 45.0 Å². The van der Waals surface area contributed by atoms with Crippen LogP contribution in [0.5, 0.6) is 5.75 Å². The minimum absolute atomic E-state index is 0.0210. The molecule has 0 N–H and O–H groups in total. The number of aryl methyl sites for hydroxylation is 1. The zero-order valence-electron chi connectivity index (χ0n) is 22.4. The van der Waals surface area contributed by atoms with Crippen LogP contribution in [0.15, 0.2) is 65.6 Å². The fourth-order valence-corrected chi connectivity index (χ4v) is 8.37. The van der Waals surface area contributed by atoms with Gasteiger partial charge in [-0.2, -0.15) is 0 Å². The van der Waals surface area contributed by atoms with Gasteiger partial charge in [0.25, 0.3) is 0 Å². The first kappa shape index (κ1) is 28.4. The Morgan fingerprint density at radius 3 is 2.50 bits per heavy atom. The van der Waals surface area contributed by atoms with E-state index in [0.717, 1.165) is 17.7 Å². The summed E-state index contributed by atoms with van der Waals surface area (Å²) < 4.78 is 66.8. The lowest BCUT2D eigenvalue weighted by Gasteiger charge is -2.42. The van der Waals surface area contributed by atoms with E-state index in [0.29, 0.717) is 24.2 Å². The van der Waals surface area contributed by atoms with E-state index < -0.39 is 44.0 Å². The first-order valence-corrected chi connectivity index (χ1v) is 14.9. The molecule has 0 saturated carbocycles. The second kappa shape index (κ2) is 10.3. The third-order valence-corrected chi connectivity index (χ3v) is 10.4. The lowest BCUT2D eigenvalue weighted by atomic mass is 9.78. The summed E-state index contributed by atoms with van der Waals surface area (Å²) in [6.07, 6.45) is 0.431. The van der Waals surface area contributed by atoms with Crippen molar-refractivity contribution < 1.29 is 31.5 Å². The van der Waals surface area contributed by atoms with Crippen molar-refractivity contribution in [2.45, 2.75) is 67.9 Å². The standard InChI is InChI=1S/C30H30ClF2NO5S/c1-29(2,3)39-28(35)34-16-15-30(40(36,37)22-11-8-20(32)9-12-22)24-13-10-21(17-19(24)7-14-27(30)34)38-18-23-25(31)5-4-6-26(23)33/h4-6,8-13,17,27H,7,14-16,18H2,1-3H3. The molecule has 1 heterocycles. The number of nitrogens with zero attached hydrogens (tertiary/aromatic N) is 1. The van der Waals surface area contributed by atoms with E-state index in [4.69, 9.17) is 21.1 Å². The van der Waals surface area contributed by atoms with E-state index in [1.807, 2.05) is 0 Å². The summed E-state index contributed by atoms with van der Waals surface area (Å²) in [7, 11) is -4.10. The van der Waals surface area contributed by atoms with Crippen molar-refractivity contribution in [1.29, 1.82) is 0 Å². The van der Waals surface area contributed by atoms with Crippen LogP contribution in [0.2, 0.25) is 5.02 Å². The maximum Gasteiger partial charge on any atom is 0.410 e. The number of likely N-dealkylation sites (tertiary alicyclic amines) is 1. The molecule has 2 atom stereocenters. The van der Waals surface area contributed by atoms with Crippen molar-refractivity contribution in [1.82, 2.24) is 4.90 Å². The van der Waals surface area contributed by atoms with Crippen molar-refractivity contribution in [2.75, 3.05) is 6.54 Å². The molecule has 1 aliphatic carbocycles. The van der Waals surface area contributed by atoms with Gasteiger partial charge in [-0.05, 0) is 99.7 Å². The number of ether oxygens (including phenoxy) is 2. The number of hydrogen-bond acceptors (Lipinski definition) is 5. The summed E-state index contributed by atoms with van der Waals surface area (Å²) >= 11 is 6.14. The predicted octanol–water partition coefficient (Wildman–Crippen LogP) is 6.82. The fraction of sp³-hybridized carbons (Fsp3) is 0.367. The molecule has 2 aliphatic rings. The summed E-state index contributed by atoms with van der Waals surface area (Å²) in [5, 5.41) is 0.248. The van der Waals surface area contributed by atoms with E-state index in [1.165, 1.54) is 29.2 Å². The quantitative estimate of drug-likeness (QED) is 0.305. The SMILES string of the molecule is CC(C)(C)OC(=O)N1CCC2(S(=O)(=O)c3ccc(F)cc3)c3ccc(OCc4c(F)cccc4Cl)cc3CCC12. The number of hydrogen-bond donors (Lipinski definition) is 0. The molecule has 1 amide bonds. The number of sulfone groups is 1. The third-order valence-electron chi connectivity index (χ3n) is 7.53. The van der Waals surface area contributed by atoms with E-state index in [9.17, 15) is 22.0 Å². The molecule has 0 aromatic heterocycles. The normalized spacial score (nSPS) is 20.6. The second-order valence-corrected chi connectivity index (χ2v) is 13.7. The van der Waals surface area contributed by atoms with Gasteiger partial charge >= 0.3 is 6.09 Å². The molecule has 2 unspecified atom stereocenters. The largest absolute Gasteiger partial charge is 0.489 e. The van der Waals surface area contributed by atoms with Gasteiger partial charge in [-0.3, -0.25) is 0 Å². The van der Waals surface area contributed by atoms with E-state index in [-0.39, 0.29) is 35.1 Å². The molecule has 0 bridgehead atoms. The highest BCUT2D eigenvalue weighted by molar-refractivity contribution is 7.92. The van der Waals surface area contributed by atoms with Crippen molar-refractivity contribution >= 4 is 27.5 Å². The summed E-state index contributed by atoms with van der Waals surface area (Å²) in [5.74, 6) is -0.589. The van der Waals surface area contributed by atoms with Crippen LogP contribution in [0.25, 0.3) is 0 Å². The zero-order chi connectivity index (χ0) is 28.9. The highest BCUT2D eigenvalue weighted by Crippen LogP contribution is 2.53. The van der Waals surface area contributed by atoms with Gasteiger partial charge in [-0.15, -0.1) is 0 Å². The molecule has 0 spiro atoms. The van der Waals surface area contributed by atoms with Crippen LogP contribution in [-0.2, 0) is 32.3 Å². The molecule has 6 nitrogen and oxygen atoms in total. The number of rotatable bonds is 5. The molecule has 3 aromatic rings. The van der Waals surface area contributed by atoms with Crippen LogP contribution in [0.4, 0.5) is 13.6 Å². The second-order valence-electron chi connectivity index (χ2n) is 11.1. The molecule has 0 radical (unpaired) electrons. The highest BCUT2D eigenvalue weighted by atomic mass is 35.5. The topological polar surface area (TPSA) is 72.9 Å². The van der Waals surface area contributed by atoms with Gasteiger partial charge in [0.15, 0.2) is 9.84 Å². The lowest BCUT2D eigenvalue weighted by molar-refractivity contribution is 0.0202. The average molecular weight is 590 g/mol. The Labute approximate surface area is 237 Å². The fourth-order valence-electron chi connectivity index (χ4n) is 5.78. The molecule has 3 aromatic carbocycles. The van der Waals surface area contributed by atoms with Crippen LogP contribution < -0.4 is 4.74 Å². The molecule has 10 heteroatoms. The molecule has 212 valence electrons. The Hall–Kier alpha value is -3.17. The first-order chi connectivity index (χ1) is 18.8. The van der Waals surface area contributed by atoms with Gasteiger partial charge in [0.2, 0.25) is 0 Å². The number of carbonyl (C=O) groups is 1. The zero-order valence-corrected chi connectivity index (χ0v) is 24.0. The van der Waals surface area contributed by atoms with Crippen LogP contribution in [0.1, 0.15) is 50.3 Å². The highest BCUT2D eigenvalue weighted by Gasteiger charge is 2.61. The molecule has 40 heavy (non-hydrogen) atoms.